The van der Waals surface area contributed by atoms with Crippen LogP contribution < -0.4 is 5.32 Å². The van der Waals surface area contributed by atoms with Crippen LogP contribution in [0.25, 0.3) is 11.0 Å². The van der Waals surface area contributed by atoms with Crippen molar-refractivity contribution < 1.29 is 0 Å². The molecular weight excluding hydrogens is 224 g/mol. The molecule has 18 heavy (non-hydrogen) atoms. The van der Waals surface area contributed by atoms with Crippen molar-refractivity contribution in [2.24, 2.45) is 0 Å². The number of aromatic amines is 1. The van der Waals surface area contributed by atoms with E-state index >= 15 is 0 Å². The highest BCUT2D eigenvalue weighted by Crippen LogP contribution is 2.11. The van der Waals surface area contributed by atoms with Crippen LogP contribution in [0.3, 0.4) is 0 Å². The molecule has 0 amide bonds. The molecule has 96 valence electrons. The van der Waals surface area contributed by atoms with Crippen molar-refractivity contribution in [3.05, 3.63) is 30.1 Å². The predicted octanol–water partition coefficient (Wildman–Crippen LogP) is 1.75. The van der Waals surface area contributed by atoms with E-state index in [1.165, 1.54) is 19.4 Å². The predicted molar refractivity (Wildman–Crippen MR) is 73.5 cm³/mol. The Labute approximate surface area is 107 Å². The monoisotopic (exact) mass is 244 g/mol. The van der Waals surface area contributed by atoms with Crippen LogP contribution in [-0.4, -0.2) is 41.0 Å². The van der Waals surface area contributed by atoms with E-state index in [0.717, 1.165) is 29.9 Å². The van der Waals surface area contributed by atoms with Gasteiger partial charge in [-0.25, -0.2) is 4.98 Å². The first-order chi connectivity index (χ1) is 8.81. The lowest BCUT2D eigenvalue weighted by Gasteiger charge is -2.30. The lowest BCUT2D eigenvalue weighted by molar-refractivity contribution is 0.226. The molecule has 1 unspecified atom stereocenters. The third-order valence-electron chi connectivity index (χ3n) is 3.62. The number of nitrogens with zero attached hydrogens (tertiary/aromatic N) is 2. The number of piperidine rings is 1. The molecule has 1 aromatic carbocycles. The van der Waals surface area contributed by atoms with Gasteiger partial charge in [0, 0.05) is 12.6 Å². The minimum Gasteiger partial charge on any atom is -0.341 e. The van der Waals surface area contributed by atoms with Gasteiger partial charge in [0.05, 0.1) is 17.6 Å². The minimum absolute atomic E-state index is 0.594. The van der Waals surface area contributed by atoms with Crippen LogP contribution in [0.5, 0.6) is 0 Å². The van der Waals surface area contributed by atoms with E-state index in [4.69, 9.17) is 0 Å². The van der Waals surface area contributed by atoms with Gasteiger partial charge in [0.2, 0.25) is 0 Å². The van der Waals surface area contributed by atoms with Crippen molar-refractivity contribution in [2.45, 2.75) is 25.4 Å². The largest absolute Gasteiger partial charge is 0.341 e. The first kappa shape index (κ1) is 11.7. The van der Waals surface area contributed by atoms with Crippen molar-refractivity contribution >= 4 is 11.0 Å². The normalized spacial score (nSPS) is 21.5. The van der Waals surface area contributed by atoms with E-state index in [2.05, 4.69) is 33.3 Å². The number of likely N-dealkylation sites (tertiary alicyclic amines) is 1. The standard InChI is InChI=1S/C14H20N4/c1-18-8-4-5-11(10-18)15-9-14-16-12-6-2-3-7-13(12)17-14/h2-3,6-7,11,15H,4-5,8-10H2,1H3,(H,16,17). The number of hydrogen-bond acceptors (Lipinski definition) is 3. The van der Waals surface area contributed by atoms with E-state index in [1.807, 2.05) is 18.2 Å². The highest BCUT2D eigenvalue weighted by atomic mass is 15.1. The zero-order valence-corrected chi connectivity index (χ0v) is 10.8. The molecule has 1 aliphatic heterocycles. The Balaban J connectivity index is 1.62. The second-order valence-electron chi connectivity index (χ2n) is 5.18. The molecule has 0 saturated carbocycles. The number of likely N-dealkylation sites (N-methyl/N-ethyl adjacent to an activating group) is 1. The van der Waals surface area contributed by atoms with Crippen LogP contribution in [0.4, 0.5) is 0 Å². The number of benzene rings is 1. The first-order valence-electron chi connectivity index (χ1n) is 6.67. The molecule has 3 rings (SSSR count). The second-order valence-corrected chi connectivity index (χ2v) is 5.18. The van der Waals surface area contributed by atoms with Crippen molar-refractivity contribution in [3.8, 4) is 0 Å². The minimum atomic E-state index is 0.594. The Morgan fingerprint density at radius 2 is 2.33 bits per heavy atom. The Morgan fingerprint density at radius 1 is 1.44 bits per heavy atom. The summed E-state index contributed by atoms with van der Waals surface area (Å²) in [6.07, 6.45) is 2.55. The van der Waals surface area contributed by atoms with Gasteiger partial charge in [-0.2, -0.15) is 0 Å². The van der Waals surface area contributed by atoms with Crippen LogP contribution in [0, 0.1) is 0 Å². The molecular formula is C14H20N4. The molecule has 0 radical (unpaired) electrons. The van der Waals surface area contributed by atoms with Crippen LogP contribution in [0.15, 0.2) is 24.3 Å². The van der Waals surface area contributed by atoms with E-state index in [-0.39, 0.29) is 0 Å². The quantitative estimate of drug-likeness (QED) is 0.864. The highest BCUT2D eigenvalue weighted by Gasteiger charge is 2.16. The summed E-state index contributed by atoms with van der Waals surface area (Å²) < 4.78 is 0. The van der Waals surface area contributed by atoms with E-state index in [1.54, 1.807) is 0 Å². The summed E-state index contributed by atoms with van der Waals surface area (Å²) >= 11 is 0. The number of H-pyrrole nitrogens is 1. The summed E-state index contributed by atoms with van der Waals surface area (Å²) in [7, 11) is 2.19. The first-order valence-corrected chi connectivity index (χ1v) is 6.67. The van der Waals surface area contributed by atoms with Gasteiger partial charge in [-0.1, -0.05) is 12.1 Å². The van der Waals surface area contributed by atoms with Crippen molar-refractivity contribution in [3.63, 3.8) is 0 Å². The lowest BCUT2D eigenvalue weighted by Crippen LogP contribution is -2.43. The van der Waals surface area contributed by atoms with Crippen LogP contribution in [0.2, 0.25) is 0 Å². The maximum atomic E-state index is 4.58. The number of nitrogens with one attached hydrogen (secondary N) is 2. The number of para-hydroxylation sites is 2. The van der Waals surface area contributed by atoms with Gasteiger partial charge in [-0.05, 0) is 38.6 Å². The smallest absolute Gasteiger partial charge is 0.121 e. The summed E-state index contributed by atoms with van der Waals surface area (Å²) in [6, 6.07) is 8.77. The van der Waals surface area contributed by atoms with E-state index < -0.39 is 0 Å². The van der Waals surface area contributed by atoms with Gasteiger partial charge in [0.1, 0.15) is 5.82 Å². The molecule has 4 nitrogen and oxygen atoms in total. The van der Waals surface area contributed by atoms with Gasteiger partial charge in [0.15, 0.2) is 0 Å². The number of imidazole rings is 1. The summed E-state index contributed by atoms with van der Waals surface area (Å²) in [4.78, 5) is 10.3. The summed E-state index contributed by atoms with van der Waals surface area (Å²) in [6.45, 7) is 3.19. The Hall–Kier alpha value is -1.39. The topological polar surface area (TPSA) is 44.0 Å². The average molecular weight is 244 g/mol. The van der Waals surface area contributed by atoms with Gasteiger partial charge >= 0.3 is 0 Å². The zero-order chi connectivity index (χ0) is 12.4. The molecule has 0 spiro atoms. The van der Waals surface area contributed by atoms with E-state index in [0.29, 0.717) is 6.04 Å². The molecule has 4 heteroatoms. The van der Waals surface area contributed by atoms with Crippen molar-refractivity contribution in [1.29, 1.82) is 0 Å². The average Bonchev–Trinajstić information content (AvgIpc) is 2.79. The molecule has 2 heterocycles. The number of fused-ring (bicyclic) bond motifs is 1. The van der Waals surface area contributed by atoms with Crippen LogP contribution in [-0.2, 0) is 6.54 Å². The van der Waals surface area contributed by atoms with E-state index in [9.17, 15) is 0 Å². The Morgan fingerprint density at radius 3 is 3.17 bits per heavy atom. The number of hydrogen-bond donors (Lipinski definition) is 2. The number of rotatable bonds is 3. The fourth-order valence-corrected chi connectivity index (χ4v) is 2.66. The Kier molecular flexibility index (Phi) is 3.30. The van der Waals surface area contributed by atoms with Gasteiger partial charge in [-0.15, -0.1) is 0 Å². The van der Waals surface area contributed by atoms with Crippen molar-refractivity contribution in [2.75, 3.05) is 20.1 Å². The lowest BCUT2D eigenvalue weighted by atomic mass is 10.1. The third-order valence-corrected chi connectivity index (χ3v) is 3.62. The summed E-state index contributed by atoms with van der Waals surface area (Å²) in [5, 5.41) is 3.59. The zero-order valence-electron chi connectivity index (χ0n) is 10.8. The molecule has 0 bridgehead atoms. The molecule has 0 aliphatic carbocycles. The third kappa shape index (κ3) is 2.54. The molecule has 1 aliphatic rings. The summed E-state index contributed by atoms with van der Waals surface area (Å²) in [5.41, 5.74) is 2.17. The molecule has 1 fully saturated rings. The molecule has 2 N–H and O–H groups in total. The van der Waals surface area contributed by atoms with Gasteiger partial charge < -0.3 is 15.2 Å². The van der Waals surface area contributed by atoms with Crippen LogP contribution >= 0.6 is 0 Å². The fraction of sp³-hybridized carbons (Fsp3) is 0.500. The maximum absolute atomic E-state index is 4.58. The van der Waals surface area contributed by atoms with Gasteiger partial charge in [0.25, 0.3) is 0 Å². The van der Waals surface area contributed by atoms with Crippen LogP contribution in [0.1, 0.15) is 18.7 Å². The highest BCUT2D eigenvalue weighted by molar-refractivity contribution is 5.74. The molecule has 1 saturated heterocycles. The Bertz CT molecular complexity index is 486. The summed E-state index contributed by atoms with van der Waals surface area (Å²) in [5.74, 6) is 1.03. The molecule has 2 aromatic rings. The molecule has 1 aromatic heterocycles. The number of aromatic nitrogens is 2. The molecule has 1 atom stereocenters. The maximum Gasteiger partial charge on any atom is 0.121 e. The van der Waals surface area contributed by atoms with Gasteiger partial charge in [-0.3, -0.25) is 0 Å². The fourth-order valence-electron chi connectivity index (χ4n) is 2.66. The SMILES string of the molecule is CN1CCCC(NCc2nc3ccccc3[nH]2)C1. The van der Waals surface area contributed by atoms with Crippen molar-refractivity contribution in [1.82, 2.24) is 20.2 Å². The second kappa shape index (κ2) is 5.08.